The smallest absolute Gasteiger partial charge is 0.387 e. The number of aliphatic imine (C=N–C) groups is 1. The van der Waals surface area contributed by atoms with Crippen molar-refractivity contribution in [2.24, 2.45) is 22.4 Å². The minimum Gasteiger partial charge on any atom is -0.435 e. The summed E-state index contributed by atoms with van der Waals surface area (Å²) in [4.78, 5) is 4.47. The standard InChI is InChI=1S/C15H19F2N5O/c16-14(17)23-11-5-3-10(4-6-11)21-13-12(18)8-20-15(19,22-13)7-9-1-2-9/h3-6,8-9,14,20H,1-2,7,18-19H2,(H,21,22). The molecule has 3 rings (SSSR count). The second kappa shape index (κ2) is 6.04. The van der Waals surface area contributed by atoms with Crippen molar-refractivity contribution in [3.8, 4) is 5.75 Å². The van der Waals surface area contributed by atoms with Crippen LogP contribution in [0.5, 0.6) is 5.75 Å². The van der Waals surface area contributed by atoms with Gasteiger partial charge < -0.3 is 21.1 Å². The monoisotopic (exact) mass is 323 g/mol. The molecule has 0 saturated heterocycles. The van der Waals surface area contributed by atoms with Crippen molar-refractivity contribution >= 4 is 11.5 Å². The molecule has 1 heterocycles. The Kier molecular flexibility index (Phi) is 4.08. The molecule has 1 aliphatic carbocycles. The van der Waals surface area contributed by atoms with Gasteiger partial charge in [-0.25, -0.2) is 4.99 Å². The maximum absolute atomic E-state index is 12.1. The number of hydrogen-bond acceptors (Lipinski definition) is 6. The fourth-order valence-corrected chi connectivity index (χ4v) is 2.39. The molecular formula is C15H19F2N5O. The first kappa shape index (κ1) is 15.5. The topological polar surface area (TPSA) is 97.7 Å². The van der Waals surface area contributed by atoms with Gasteiger partial charge in [-0.2, -0.15) is 8.78 Å². The SMILES string of the molecule is NC1=CNC(N)(CC2CC2)N=C1Nc1ccc(OC(F)F)cc1. The summed E-state index contributed by atoms with van der Waals surface area (Å²) < 4.78 is 28.6. The minimum atomic E-state index is -2.85. The van der Waals surface area contributed by atoms with E-state index in [1.807, 2.05) is 0 Å². The van der Waals surface area contributed by atoms with E-state index in [4.69, 9.17) is 11.5 Å². The summed E-state index contributed by atoms with van der Waals surface area (Å²) in [6, 6.07) is 6.09. The molecule has 6 N–H and O–H groups in total. The summed E-state index contributed by atoms with van der Waals surface area (Å²) in [6.45, 7) is -2.85. The first-order chi connectivity index (χ1) is 10.9. The lowest BCUT2D eigenvalue weighted by Gasteiger charge is -2.31. The highest BCUT2D eigenvalue weighted by Crippen LogP contribution is 2.36. The predicted molar refractivity (Wildman–Crippen MR) is 83.8 cm³/mol. The van der Waals surface area contributed by atoms with Gasteiger partial charge in [0.15, 0.2) is 11.6 Å². The summed E-state index contributed by atoms with van der Waals surface area (Å²) in [5.41, 5.74) is 13.2. The third-order valence-corrected chi connectivity index (χ3v) is 3.70. The van der Waals surface area contributed by atoms with Gasteiger partial charge in [0.05, 0.1) is 5.70 Å². The fourth-order valence-electron chi connectivity index (χ4n) is 2.39. The number of amidine groups is 1. The van der Waals surface area contributed by atoms with Crippen molar-refractivity contribution in [3.05, 3.63) is 36.2 Å². The second-order valence-electron chi connectivity index (χ2n) is 5.80. The molecule has 2 aliphatic rings. The van der Waals surface area contributed by atoms with Gasteiger partial charge >= 0.3 is 6.61 Å². The normalized spacial score (nSPS) is 23.8. The maximum atomic E-state index is 12.1. The molecule has 1 saturated carbocycles. The highest BCUT2D eigenvalue weighted by Gasteiger charge is 2.35. The van der Waals surface area contributed by atoms with E-state index in [2.05, 4.69) is 20.4 Å². The fraction of sp³-hybridized carbons (Fsp3) is 0.400. The molecule has 0 radical (unpaired) electrons. The van der Waals surface area contributed by atoms with E-state index in [1.165, 1.54) is 25.0 Å². The van der Waals surface area contributed by atoms with Crippen LogP contribution in [0.2, 0.25) is 0 Å². The summed E-state index contributed by atoms with van der Waals surface area (Å²) in [5.74, 6) is 0.263. The number of rotatable bonds is 5. The van der Waals surface area contributed by atoms with Gasteiger partial charge in [-0.15, -0.1) is 0 Å². The van der Waals surface area contributed by atoms with E-state index in [-0.39, 0.29) is 5.75 Å². The van der Waals surface area contributed by atoms with Gasteiger partial charge in [0.1, 0.15) is 5.75 Å². The minimum absolute atomic E-state index is 0.0863. The Morgan fingerprint density at radius 3 is 2.65 bits per heavy atom. The molecule has 0 amide bonds. The van der Waals surface area contributed by atoms with Crippen molar-refractivity contribution in [2.75, 3.05) is 5.32 Å². The molecule has 1 unspecified atom stereocenters. The highest BCUT2D eigenvalue weighted by atomic mass is 19.3. The number of halogens is 2. The van der Waals surface area contributed by atoms with Crippen molar-refractivity contribution in [1.82, 2.24) is 5.32 Å². The number of nitrogens with zero attached hydrogens (tertiary/aromatic N) is 1. The van der Waals surface area contributed by atoms with Gasteiger partial charge in [0, 0.05) is 18.3 Å². The van der Waals surface area contributed by atoms with Crippen LogP contribution >= 0.6 is 0 Å². The zero-order valence-electron chi connectivity index (χ0n) is 12.4. The third kappa shape index (κ3) is 4.10. The molecule has 1 fully saturated rings. The molecule has 1 atom stereocenters. The Morgan fingerprint density at radius 2 is 2.04 bits per heavy atom. The summed E-state index contributed by atoms with van der Waals surface area (Å²) in [6.07, 6.45) is 4.71. The molecule has 0 aromatic heterocycles. The van der Waals surface area contributed by atoms with E-state index in [0.717, 1.165) is 6.42 Å². The van der Waals surface area contributed by atoms with E-state index in [9.17, 15) is 8.78 Å². The zero-order chi connectivity index (χ0) is 16.4. The van der Waals surface area contributed by atoms with Crippen LogP contribution in [0.15, 0.2) is 41.2 Å². The lowest BCUT2D eigenvalue weighted by Crippen LogP contribution is -2.54. The Labute approximate surface area is 132 Å². The van der Waals surface area contributed by atoms with Crippen molar-refractivity contribution in [3.63, 3.8) is 0 Å². The summed E-state index contributed by atoms with van der Waals surface area (Å²) in [7, 11) is 0. The van der Waals surface area contributed by atoms with Crippen LogP contribution in [-0.2, 0) is 0 Å². The quantitative estimate of drug-likeness (QED) is 0.664. The lowest BCUT2D eigenvalue weighted by molar-refractivity contribution is -0.0498. The van der Waals surface area contributed by atoms with E-state index in [1.54, 1.807) is 18.3 Å². The Balaban J connectivity index is 1.70. The molecule has 8 heteroatoms. The van der Waals surface area contributed by atoms with Crippen molar-refractivity contribution in [1.29, 1.82) is 0 Å². The molecule has 1 aromatic carbocycles. The molecular weight excluding hydrogens is 304 g/mol. The number of benzene rings is 1. The molecule has 124 valence electrons. The van der Waals surface area contributed by atoms with Gasteiger partial charge in [-0.3, -0.25) is 5.73 Å². The molecule has 23 heavy (non-hydrogen) atoms. The van der Waals surface area contributed by atoms with E-state index < -0.39 is 12.4 Å². The number of ether oxygens (including phenoxy) is 1. The van der Waals surface area contributed by atoms with Crippen LogP contribution < -0.4 is 26.8 Å². The van der Waals surface area contributed by atoms with Crippen LogP contribution in [0.25, 0.3) is 0 Å². The zero-order valence-corrected chi connectivity index (χ0v) is 12.4. The largest absolute Gasteiger partial charge is 0.435 e. The number of alkyl halides is 2. The Hall–Kier alpha value is -2.35. The first-order valence-corrected chi connectivity index (χ1v) is 7.38. The van der Waals surface area contributed by atoms with Gasteiger partial charge in [0.2, 0.25) is 0 Å². The van der Waals surface area contributed by atoms with Gasteiger partial charge in [0.25, 0.3) is 0 Å². The number of nitrogens with one attached hydrogen (secondary N) is 2. The second-order valence-corrected chi connectivity index (χ2v) is 5.80. The molecule has 0 bridgehead atoms. The van der Waals surface area contributed by atoms with Crippen molar-refractivity contribution in [2.45, 2.75) is 31.7 Å². The Bertz CT molecular complexity index is 627. The molecule has 0 spiro atoms. The van der Waals surface area contributed by atoms with Crippen LogP contribution in [-0.4, -0.2) is 18.2 Å². The van der Waals surface area contributed by atoms with Crippen molar-refractivity contribution < 1.29 is 13.5 Å². The summed E-state index contributed by atoms with van der Waals surface area (Å²) in [5, 5.41) is 6.08. The predicted octanol–water partition coefficient (Wildman–Crippen LogP) is 1.91. The number of anilines is 1. The molecule has 1 aromatic rings. The third-order valence-electron chi connectivity index (χ3n) is 3.70. The van der Waals surface area contributed by atoms with E-state index >= 15 is 0 Å². The van der Waals surface area contributed by atoms with Crippen LogP contribution in [0.3, 0.4) is 0 Å². The molecule has 1 aliphatic heterocycles. The average molecular weight is 323 g/mol. The first-order valence-electron chi connectivity index (χ1n) is 7.38. The van der Waals surface area contributed by atoms with Crippen LogP contribution in [0.4, 0.5) is 14.5 Å². The van der Waals surface area contributed by atoms with Gasteiger partial charge in [-0.1, -0.05) is 0 Å². The van der Waals surface area contributed by atoms with Gasteiger partial charge in [-0.05, 0) is 43.0 Å². The lowest BCUT2D eigenvalue weighted by atomic mass is 10.1. The number of nitrogens with two attached hydrogens (primary N) is 2. The summed E-state index contributed by atoms with van der Waals surface area (Å²) >= 11 is 0. The Morgan fingerprint density at radius 1 is 1.35 bits per heavy atom. The highest BCUT2D eigenvalue weighted by molar-refractivity contribution is 6.07. The number of hydrogen-bond donors (Lipinski definition) is 4. The average Bonchev–Trinajstić information content (AvgIpc) is 3.28. The van der Waals surface area contributed by atoms with Crippen LogP contribution in [0, 0.1) is 5.92 Å². The maximum Gasteiger partial charge on any atom is 0.387 e. The van der Waals surface area contributed by atoms with Crippen LogP contribution in [0.1, 0.15) is 19.3 Å². The van der Waals surface area contributed by atoms with E-state index in [0.29, 0.717) is 23.1 Å². The molecule has 6 nitrogen and oxygen atoms in total.